The van der Waals surface area contributed by atoms with Crippen molar-refractivity contribution in [2.75, 3.05) is 5.32 Å². The van der Waals surface area contributed by atoms with Gasteiger partial charge in [-0.15, -0.1) is 11.3 Å². The van der Waals surface area contributed by atoms with Gasteiger partial charge in [0.15, 0.2) is 0 Å². The van der Waals surface area contributed by atoms with Gasteiger partial charge in [-0.2, -0.15) is 5.10 Å². The zero-order valence-electron chi connectivity index (χ0n) is 16.0. The van der Waals surface area contributed by atoms with Crippen molar-refractivity contribution in [2.45, 2.75) is 19.3 Å². The number of anilines is 1. The van der Waals surface area contributed by atoms with E-state index in [-0.39, 0.29) is 23.7 Å². The van der Waals surface area contributed by atoms with Crippen LogP contribution in [0, 0.1) is 5.92 Å². The molecule has 2 amide bonds. The molecule has 1 aromatic heterocycles. The summed E-state index contributed by atoms with van der Waals surface area (Å²) in [5.41, 5.74) is 6.20. The SMILES string of the molecule is C/C(=N\NC(=O)C1CC1c1ccccc1)c1ccc(NC(=O)c2cccs2)cc1. The number of rotatable bonds is 6. The highest BCUT2D eigenvalue weighted by molar-refractivity contribution is 7.12. The van der Waals surface area contributed by atoms with Crippen molar-refractivity contribution in [3.8, 4) is 0 Å². The van der Waals surface area contributed by atoms with Gasteiger partial charge in [0.05, 0.1) is 10.6 Å². The average Bonchev–Trinajstić information content (AvgIpc) is 3.37. The van der Waals surface area contributed by atoms with Gasteiger partial charge in [-0.3, -0.25) is 9.59 Å². The molecule has 0 saturated heterocycles. The Labute approximate surface area is 173 Å². The normalized spacial score (nSPS) is 18.2. The zero-order valence-corrected chi connectivity index (χ0v) is 16.8. The molecule has 2 atom stereocenters. The smallest absolute Gasteiger partial charge is 0.265 e. The number of hydrazone groups is 1. The lowest BCUT2D eigenvalue weighted by Gasteiger charge is -2.06. The number of benzene rings is 2. The first-order valence-electron chi connectivity index (χ1n) is 9.46. The van der Waals surface area contributed by atoms with Crippen molar-refractivity contribution in [1.29, 1.82) is 0 Å². The molecule has 5 nitrogen and oxygen atoms in total. The Balaban J connectivity index is 1.32. The molecule has 2 N–H and O–H groups in total. The average molecular weight is 404 g/mol. The van der Waals surface area contributed by atoms with Crippen LogP contribution < -0.4 is 10.7 Å². The van der Waals surface area contributed by atoms with E-state index in [4.69, 9.17) is 0 Å². The van der Waals surface area contributed by atoms with Gasteiger partial charge in [0.25, 0.3) is 5.91 Å². The third-order valence-electron chi connectivity index (χ3n) is 4.99. The van der Waals surface area contributed by atoms with Crippen molar-refractivity contribution < 1.29 is 9.59 Å². The summed E-state index contributed by atoms with van der Waals surface area (Å²) in [4.78, 5) is 25.1. The van der Waals surface area contributed by atoms with Gasteiger partial charge in [-0.05, 0) is 54.0 Å². The lowest BCUT2D eigenvalue weighted by atomic mass is 10.1. The molecule has 2 unspecified atom stereocenters. The summed E-state index contributed by atoms with van der Waals surface area (Å²) < 4.78 is 0. The fourth-order valence-electron chi connectivity index (χ4n) is 3.24. The van der Waals surface area contributed by atoms with Gasteiger partial charge in [0.2, 0.25) is 5.91 Å². The maximum Gasteiger partial charge on any atom is 0.265 e. The van der Waals surface area contributed by atoms with Crippen molar-refractivity contribution in [1.82, 2.24) is 5.43 Å². The van der Waals surface area contributed by atoms with E-state index in [9.17, 15) is 9.59 Å². The second-order valence-corrected chi connectivity index (χ2v) is 7.99. The van der Waals surface area contributed by atoms with Crippen LogP contribution in [0.25, 0.3) is 0 Å². The Morgan fingerprint density at radius 1 is 1.00 bits per heavy atom. The largest absolute Gasteiger partial charge is 0.321 e. The van der Waals surface area contributed by atoms with E-state index in [2.05, 4.69) is 28.0 Å². The minimum Gasteiger partial charge on any atom is -0.321 e. The van der Waals surface area contributed by atoms with Gasteiger partial charge >= 0.3 is 0 Å². The van der Waals surface area contributed by atoms with Gasteiger partial charge in [-0.25, -0.2) is 5.43 Å². The number of hydrogen-bond acceptors (Lipinski definition) is 4. The number of hydrogen-bond donors (Lipinski definition) is 2. The first-order chi connectivity index (χ1) is 14.1. The van der Waals surface area contributed by atoms with E-state index in [1.165, 1.54) is 16.9 Å². The fraction of sp³-hybridized carbons (Fsp3) is 0.174. The van der Waals surface area contributed by atoms with E-state index in [1.807, 2.05) is 60.8 Å². The van der Waals surface area contributed by atoms with Crippen LogP contribution in [0.15, 0.2) is 77.2 Å². The molecule has 1 heterocycles. The molecule has 0 radical (unpaired) electrons. The molecule has 1 aliphatic carbocycles. The quantitative estimate of drug-likeness (QED) is 0.465. The van der Waals surface area contributed by atoms with Gasteiger partial charge < -0.3 is 5.32 Å². The molecule has 4 rings (SSSR count). The summed E-state index contributed by atoms with van der Waals surface area (Å²) in [6, 6.07) is 21.1. The van der Waals surface area contributed by atoms with Crippen molar-refractivity contribution >= 4 is 34.6 Å². The maximum absolute atomic E-state index is 12.3. The highest BCUT2D eigenvalue weighted by atomic mass is 32.1. The molecule has 1 aliphatic rings. The number of carbonyl (C=O) groups excluding carboxylic acids is 2. The Kier molecular flexibility index (Phi) is 5.53. The van der Waals surface area contributed by atoms with E-state index in [1.54, 1.807) is 6.07 Å². The standard InChI is InChI=1S/C23H21N3O2S/c1-15(25-26-22(27)20-14-19(20)17-6-3-2-4-7-17)16-9-11-18(12-10-16)24-23(28)21-8-5-13-29-21/h2-13,19-20H,14H2,1H3,(H,24,28)(H,26,27)/b25-15+. The maximum atomic E-state index is 12.3. The zero-order chi connectivity index (χ0) is 20.2. The van der Waals surface area contributed by atoms with Crippen LogP contribution in [0.4, 0.5) is 5.69 Å². The van der Waals surface area contributed by atoms with Crippen LogP contribution in [-0.2, 0) is 4.79 Å². The molecule has 1 fully saturated rings. The van der Waals surface area contributed by atoms with Crippen LogP contribution in [-0.4, -0.2) is 17.5 Å². The highest BCUT2D eigenvalue weighted by Gasteiger charge is 2.43. The Hall–Kier alpha value is -3.25. The lowest BCUT2D eigenvalue weighted by molar-refractivity contribution is -0.122. The van der Waals surface area contributed by atoms with Gasteiger partial charge in [0.1, 0.15) is 0 Å². The van der Waals surface area contributed by atoms with Gasteiger partial charge in [0, 0.05) is 11.6 Å². The first-order valence-corrected chi connectivity index (χ1v) is 10.3. The Morgan fingerprint density at radius 3 is 2.45 bits per heavy atom. The summed E-state index contributed by atoms with van der Waals surface area (Å²) in [7, 11) is 0. The molecule has 1 saturated carbocycles. The number of thiophene rings is 1. The molecule has 0 aliphatic heterocycles. The van der Waals surface area contributed by atoms with E-state index in [0.717, 1.165) is 12.0 Å². The molecule has 6 heteroatoms. The predicted molar refractivity (Wildman–Crippen MR) is 116 cm³/mol. The summed E-state index contributed by atoms with van der Waals surface area (Å²) >= 11 is 1.40. The summed E-state index contributed by atoms with van der Waals surface area (Å²) in [5, 5.41) is 8.98. The van der Waals surface area contributed by atoms with E-state index in [0.29, 0.717) is 16.3 Å². The molecule has 3 aromatic rings. The van der Waals surface area contributed by atoms with E-state index >= 15 is 0 Å². The van der Waals surface area contributed by atoms with Crippen molar-refractivity contribution in [2.24, 2.45) is 11.0 Å². The molecule has 146 valence electrons. The molecular formula is C23H21N3O2S. The summed E-state index contributed by atoms with van der Waals surface area (Å²) in [6.07, 6.45) is 0.864. The topological polar surface area (TPSA) is 70.6 Å². The highest BCUT2D eigenvalue weighted by Crippen LogP contribution is 2.47. The minimum absolute atomic E-state index is 0.0104. The van der Waals surface area contributed by atoms with Crippen LogP contribution in [0.2, 0.25) is 0 Å². The van der Waals surface area contributed by atoms with Crippen LogP contribution >= 0.6 is 11.3 Å². The molecule has 29 heavy (non-hydrogen) atoms. The van der Waals surface area contributed by atoms with Crippen LogP contribution in [0.1, 0.15) is 40.1 Å². The third-order valence-corrected chi connectivity index (χ3v) is 5.86. The van der Waals surface area contributed by atoms with Crippen molar-refractivity contribution in [3.63, 3.8) is 0 Å². The molecule has 0 bridgehead atoms. The third kappa shape index (κ3) is 4.60. The minimum atomic E-state index is -0.122. The van der Waals surface area contributed by atoms with Crippen molar-refractivity contribution in [3.05, 3.63) is 88.1 Å². The number of nitrogens with zero attached hydrogens (tertiary/aromatic N) is 1. The summed E-state index contributed by atoms with van der Waals surface area (Å²) in [5.74, 6) is 0.113. The second kappa shape index (κ2) is 8.41. The van der Waals surface area contributed by atoms with E-state index < -0.39 is 0 Å². The number of amides is 2. The fourth-order valence-corrected chi connectivity index (χ4v) is 3.85. The number of nitrogens with one attached hydrogen (secondary N) is 2. The lowest BCUT2D eigenvalue weighted by Crippen LogP contribution is -2.21. The molecule has 2 aromatic carbocycles. The Morgan fingerprint density at radius 2 is 1.76 bits per heavy atom. The number of carbonyl (C=O) groups is 2. The van der Waals surface area contributed by atoms with Gasteiger partial charge in [-0.1, -0.05) is 48.5 Å². The Bertz CT molecular complexity index is 1030. The second-order valence-electron chi connectivity index (χ2n) is 7.04. The first kappa shape index (κ1) is 19.1. The molecular weight excluding hydrogens is 382 g/mol. The molecule has 0 spiro atoms. The predicted octanol–water partition coefficient (Wildman–Crippen LogP) is 4.64. The monoisotopic (exact) mass is 403 g/mol. The summed E-state index contributed by atoms with van der Waals surface area (Å²) in [6.45, 7) is 1.85. The van der Waals surface area contributed by atoms with Crippen LogP contribution in [0.5, 0.6) is 0 Å². The van der Waals surface area contributed by atoms with Crippen LogP contribution in [0.3, 0.4) is 0 Å².